The number of hydrogen-bond acceptors (Lipinski definition) is 5. The Labute approximate surface area is 122 Å². The van der Waals surface area contributed by atoms with Crippen LogP contribution in [-0.2, 0) is 0 Å². The van der Waals surface area contributed by atoms with Crippen LogP contribution in [0.25, 0.3) is 0 Å². The summed E-state index contributed by atoms with van der Waals surface area (Å²) in [6.45, 7) is 0. The zero-order valence-electron chi connectivity index (χ0n) is 9.01. The second-order valence-electron chi connectivity index (χ2n) is 3.26. The molecule has 0 amide bonds. The lowest BCUT2D eigenvalue weighted by Gasteiger charge is -2.03. The van der Waals surface area contributed by atoms with Crippen molar-refractivity contribution in [2.45, 2.75) is 4.90 Å². The van der Waals surface area contributed by atoms with Gasteiger partial charge in [0.1, 0.15) is 4.34 Å². The number of hydrogen-bond donors (Lipinski definition) is 1. The van der Waals surface area contributed by atoms with Crippen LogP contribution in [0.15, 0.2) is 40.6 Å². The summed E-state index contributed by atoms with van der Waals surface area (Å²) in [7, 11) is 0. The summed E-state index contributed by atoms with van der Waals surface area (Å²) in [5.41, 5.74) is 1.18. The summed E-state index contributed by atoms with van der Waals surface area (Å²) >= 11 is 14.7. The highest BCUT2D eigenvalue weighted by atomic mass is 35.5. The van der Waals surface area contributed by atoms with E-state index in [-0.39, 0.29) is 0 Å². The van der Waals surface area contributed by atoms with E-state index in [9.17, 15) is 0 Å². The fourth-order valence-corrected chi connectivity index (χ4v) is 3.62. The van der Waals surface area contributed by atoms with Gasteiger partial charge in [-0.1, -0.05) is 28.4 Å². The van der Waals surface area contributed by atoms with E-state index in [1.807, 2.05) is 12.1 Å². The molecule has 0 fully saturated rings. The molecule has 18 heavy (non-hydrogen) atoms. The molecule has 0 spiro atoms. The Bertz CT molecular complexity index is 557. The van der Waals surface area contributed by atoms with Crippen LogP contribution in [0, 0.1) is 0 Å². The number of oxime groups is 1. The van der Waals surface area contributed by atoms with Gasteiger partial charge in [0, 0.05) is 28.6 Å². The molecule has 0 atom stereocenters. The highest BCUT2D eigenvalue weighted by molar-refractivity contribution is 8.00. The third-order valence-electron chi connectivity index (χ3n) is 2.11. The predicted octanol–water partition coefficient (Wildman–Crippen LogP) is 4.42. The van der Waals surface area contributed by atoms with E-state index in [1.165, 1.54) is 23.1 Å². The molecule has 0 bridgehead atoms. The van der Waals surface area contributed by atoms with E-state index in [4.69, 9.17) is 28.4 Å². The van der Waals surface area contributed by atoms with Crippen molar-refractivity contribution in [1.82, 2.24) is 4.98 Å². The molecule has 0 aromatic carbocycles. The number of aromatic nitrogens is 1. The first-order valence-corrected chi connectivity index (χ1v) is 7.45. The Morgan fingerprint density at radius 1 is 1.39 bits per heavy atom. The van der Waals surface area contributed by atoms with Crippen molar-refractivity contribution in [3.05, 3.63) is 44.8 Å². The molecule has 0 saturated carbocycles. The first-order chi connectivity index (χ1) is 8.70. The molecule has 0 saturated heterocycles. The fraction of sp³-hybridized carbons (Fsp3) is 0.0909. The largest absolute Gasteiger partial charge is 0.411 e. The summed E-state index contributed by atoms with van der Waals surface area (Å²) < 4.78 is 1.10. The number of nitrogens with zero attached hydrogens (tertiary/aromatic N) is 2. The third-order valence-corrected chi connectivity index (χ3v) is 4.62. The molecule has 2 aromatic heterocycles. The van der Waals surface area contributed by atoms with Gasteiger partial charge in [-0.05, 0) is 18.2 Å². The first-order valence-electron chi connectivity index (χ1n) is 4.89. The normalized spacial score (nSPS) is 11.8. The summed E-state index contributed by atoms with van der Waals surface area (Å²) in [5.74, 6) is 0.507. The van der Waals surface area contributed by atoms with Crippen molar-refractivity contribution in [2.24, 2.45) is 5.16 Å². The maximum atomic E-state index is 9.06. The molecule has 0 aliphatic carbocycles. The molecular formula is C11H8Cl2N2OS2. The average Bonchev–Trinajstić information content (AvgIpc) is 2.71. The predicted molar refractivity (Wildman–Crippen MR) is 77.6 cm³/mol. The van der Waals surface area contributed by atoms with Crippen molar-refractivity contribution < 1.29 is 5.21 Å². The molecule has 2 rings (SSSR count). The molecule has 0 radical (unpaired) electrons. The van der Waals surface area contributed by atoms with Gasteiger partial charge in [0.25, 0.3) is 0 Å². The highest BCUT2D eigenvalue weighted by Gasteiger charge is 2.13. The first kappa shape index (κ1) is 13.7. The molecule has 3 nitrogen and oxygen atoms in total. The molecule has 2 aromatic rings. The van der Waals surface area contributed by atoms with Crippen molar-refractivity contribution >= 4 is 52.0 Å². The van der Waals surface area contributed by atoms with Crippen molar-refractivity contribution in [2.75, 3.05) is 5.75 Å². The Morgan fingerprint density at radius 3 is 2.67 bits per heavy atom. The van der Waals surface area contributed by atoms with Crippen molar-refractivity contribution in [3.8, 4) is 0 Å². The van der Waals surface area contributed by atoms with Crippen LogP contribution in [0.1, 0.15) is 5.56 Å². The van der Waals surface area contributed by atoms with Crippen LogP contribution < -0.4 is 0 Å². The summed E-state index contributed by atoms with van der Waals surface area (Å²) in [6, 6.07) is 5.49. The Morgan fingerprint density at radius 2 is 2.11 bits per heavy atom. The lowest BCUT2D eigenvalue weighted by atomic mass is 10.2. The summed E-state index contributed by atoms with van der Waals surface area (Å²) in [4.78, 5) is 4.98. The number of pyridine rings is 1. The van der Waals surface area contributed by atoms with Crippen LogP contribution in [0.3, 0.4) is 0 Å². The third kappa shape index (κ3) is 3.38. The minimum Gasteiger partial charge on any atom is -0.411 e. The number of thioether (sulfide) groups is 1. The Hall–Kier alpha value is -0.750. The van der Waals surface area contributed by atoms with E-state index in [2.05, 4.69) is 10.1 Å². The van der Waals surface area contributed by atoms with Crippen molar-refractivity contribution in [1.29, 1.82) is 0 Å². The topological polar surface area (TPSA) is 45.5 Å². The van der Waals surface area contributed by atoms with E-state index in [1.54, 1.807) is 18.5 Å². The summed E-state index contributed by atoms with van der Waals surface area (Å²) in [5, 5.41) is 12.3. The monoisotopic (exact) mass is 318 g/mol. The van der Waals surface area contributed by atoms with Crippen LogP contribution in [-0.4, -0.2) is 21.7 Å². The van der Waals surface area contributed by atoms with Gasteiger partial charge in [-0.25, -0.2) is 0 Å². The Balaban J connectivity index is 2.10. The van der Waals surface area contributed by atoms with Gasteiger partial charge in [-0.15, -0.1) is 23.1 Å². The lowest BCUT2D eigenvalue weighted by molar-refractivity contribution is 0.319. The second-order valence-corrected chi connectivity index (χ2v) is 6.59. The van der Waals surface area contributed by atoms with Gasteiger partial charge in [0.15, 0.2) is 0 Å². The fourth-order valence-electron chi connectivity index (χ4n) is 1.28. The molecule has 7 heteroatoms. The van der Waals surface area contributed by atoms with Crippen LogP contribution in [0.2, 0.25) is 8.67 Å². The Kier molecular flexibility index (Phi) is 4.88. The molecule has 1 N–H and O–H groups in total. The van der Waals surface area contributed by atoms with Crippen LogP contribution in [0.4, 0.5) is 0 Å². The maximum absolute atomic E-state index is 9.06. The zero-order chi connectivity index (χ0) is 13.0. The van der Waals surface area contributed by atoms with Crippen molar-refractivity contribution in [3.63, 3.8) is 0 Å². The van der Waals surface area contributed by atoms with E-state index >= 15 is 0 Å². The smallest absolute Gasteiger partial charge is 0.104 e. The minimum absolute atomic E-state index is 0.505. The maximum Gasteiger partial charge on any atom is 0.104 e. The van der Waals surface area contributed by atoms with Crippen LogP contribution >= 0.6 is 46.3 Å². The SMILES string of the molecule is O/N=C(/CSc1ccncc1)c1cc(Cl)sc1Cl. The molecular weight excluding hydrogens is 311 g/mol. The van der Waals surface area contributed by atoms with Gasteiger partial charge in [-0.3, -0.25) is 4.98 Å². The van der Waals surface area contributed by atoms with E-state index in [0.29, 0.717) is 25.7 Å². The van der Waals surface area contributed by atoms with Crippen LogP contribution in [0.5, 0.6) is 0 Å². The zero-order valence-corrected chi connectivity index (χ0v) is 12.2. The molecule has 0 aliphatic rings. The quantitative estimate of drug-likeness (QED) is 0.393. The second kappa shape index (κ2) is 6.43. The summed E-state index contributed by atoms with van der Waals surface area (Å²) in [6.07, 6.45) is 3.43. The minimum atomic E-state index is 0.505. The number of rotatable bonds is 4. The molecule has 0 unspecified atom stereocenters. The molecule has 94 valence electrons. The lowest BCUT2D eigenvalue weighted by Crippen LogP contribution is -2.03. The van der Waals surface area contributed by atoms with Gasteiger partial charge in [0.2, 0.25) is 0 Å². The highest BCUT2D eigenvalue weighted by Crippen LogP contribution is 2.32. The van der Waals surface area contributed by atoms with Gasteiger partial charge in [-0.2, -0.15) is 0 Å². The van der Waals surface area contributed by atoms with Gasteiger partial charge >= 0.3 is 0 Å². The average molecular weight is 319 g/mol. The standard InChI is InChI=1S/C11H8Cl2N2OS2/c12-10-5-8(11(13)18-10)9(15-16)6-17-7-1-3-14-4-2-7/h1-5,16H,6H2/b15-9-. The van der Waals surface area contributed by atoms with Gasteiger partial charge in [0.05, 0.1) is 10.0 Å². The van der Waals surface area contributed by atoms with Gasteiger partial charge < -0.3 is 5.21 Å². The molecule has 0 aliphatic heterocycles. The van der Waals surface area contributed by atoms with E-state index in [0.717, 1.165) is 4.90 Å². The number of halogens is 2. The number of thiophene rings is 1. The van der Waals surface area contributed by atoms with E-state index < -0.39 is 0 Å². The molecule has 2 heterocycles.